The van der Waals surface area contributed by atoms with Gasteiger partial charge in [0.05, 0.1) is 29.7 Å². The molecule has 2 aliphatic rings. The summed E-state index contributed by atoms with van der Waals surface area (Å²) in [5.41, 5.74) is 4.04. The first-order valence-corrected chi connectivity index (χ1v) is 11.7. The Bertz CT molecular complexity index is 1220. The van der Waals surface area contributed by atoms with Crippen molar-refractivity contribution in [2.24, 2.45) is 5.92 Å². The Kier molecular flexibility index (Phi) is 6.06. The molecule has 7 nitrogen and oxygen atoms in total. The smallest absolute Gasteiger partial charge is 0.274 e. The van der Waals surface area contributed by atoms with Crippen molar-refractivity contribution in [3.8, 4) is 5.75 Å². The van der Waals surface area contributed by atoms with Crippen molar-refractivity contribution in [1.29, 1.82) is 0 Å². The maximum absolute atomic E-state index is 11.8. The van der Waals surface area contributed by atoms with Gasteiger partial charge in [-0.2, -0.15) is 0 Å². The molecule has 2 N–H and O–H groups in total. The van der Waals surface area contributed by atoms with Crippen LogP contribution in [-0.2, 0) is 6.54 Å². The molecule has 8 heteroatoms. The molecule has 0 aliphatic carbocycles. The topological polar surface area (TPSA) is 79.7 Å². The number of nitrogens with zero attached hydrogens (tertiary/aromatic N) is 2. The number of fused-ring (bicyclic) bond motifs is 3. The Morgan fingerprint density at radius 1 is 1.15 bits per heavy atom. The summed E-state index contributed by atoms with van der Waals surface area (Å²) in [6.45, 7) is 1.41. The van der Waals surface area contributed by atoms with Crippen LogP contribution >= 0.6 is 12.2 Å². The molecule has 0 radical (unpaired) electrons. The molecule has 0 saturated carbocycles. The van der Waals surface area contributed by atoms with Crippen molar-refractivity contribution < 1.29 is 9.66 Å². The molecule has 34 heavy (non-hydrogen) atoms. The lowest BCUT2D eigenvalue weighted by Crippen LogP contribution is -2.42. The van der Waals surface area contributed by atoms with E-state index in [-0.39, 0.29) is 28.6 Å². The summed E-state index contributed by atoms with van der Waals surface area (Å²) < 4.78 is 5.51. The highest BCUT2D eigenvalue weighted by molar-refractivity contribution is 7.80. The summed E-state index contributed by atoms with van der Waals surface area (Å²) in [6.07, 6.45) is 0.859. The Morgan fingerprint density at radius 3 is 2.68 bits per heavy atom. The van der Waals surface area contributed by atoms with Gasteiger partial charge in [-0.15, -0.1) is 0 Å². The summed E-state index contributed by atoms with van der Waals surface area (Å²) >= 11 is 5.85. The molecule has 3 aromatic carbocycles. The Morgan fingerprint density at radius 2 is 1.91 bits per heavy atom. The van der Waals surface area contributed by atoms with Gasteiger partial charge in [0, 0.05) is 36.3 Å². The van der Waals surface area contributed by atoms with Crippen LogP contribution in [0.4, 0.5) is 11.4 Å². The summed E-state index contributed by atoms with van der Waals surface area (Å²) in [5.74, 6) is 0.885. The number of methoxy groups -OCH3 is 1. The van der Waals surface area contributed by atoms with Gasteiger partial charge in [-0.05, 0) is 42.4 Å². The quantitative estimate of drug-likeness (QED) is 0.299. The lowest BCUT2D eigenvalue weighted by Gasteiger charge is -2.40. The van der Waals surface area contributed by atoms with Crippen molar-refractivity contribution in [1.82, 2.24) is 10.2 Å². The van der Waals surface area contributed by atoms with Gasteiger partial charge in [0.1, 0.15) is 5.75 Å². The second kappa shape index (κ2) is 9.30. The van der Waals surface area contributed by atoms with Gasteiger partial charge in [-0.1, -0.05) is 48.5 Å². The Labute approximate surface area is 203 Å². The number of anilines is 1. The van der Waals surface area contributed by atoms with Gasteiger partial charge < -0.3 is 20.3 Å². The molecule has 0 amide bonds. The summed E-state index contributed by atoms with van der Waals surface area (Å²) in [5, 5.41) is 19.5. The number of benzene rings is 3. The lowest BCUT2D eigenvalue weighted by molar-refractivity contribution is -0.385. The highest BCUT2D eigenvalue weighted by Crippen LogP contribution is 2.53. The standard InChI is InChI=1S/C26H26N4O3S/c1-33-18-11-12-22-21(15-18)25-20(24(28-22)19-9-5-6-10-23(19)30(31)32)13-14-29(25)26(34)27-16-17-7-3-2-4-8-17/h2-12,15,20,24-25,28H,13-14,16H2,1H3,(H,27,34)/t20-,24+,25-/m0/s1. The number of para-hydroxylation sites is 1. The average molecular weight is 475 g/mol. The van der Waals surface area contributed by atoms with Crippen LogP contribution in [0.2, 0.25) is 0 Å². The molecular formula is C26H26N4O3S. The first-order valence-electron chi connectivity index (χ1n) is 11.3. The van der Waals surface area contributed by atoms with Gasteiger partial charge >= 0.3 is 0 Å². The summed E-state index contributed by atoms with van der Waals surface area (Å²) in [6, 6.07) is 22.9. The van der Waals surface area contributed by atoms with Crippen LogP contribution in [0.25, 0.3) is 0 Å². The van der Waals surface area contributed by atoms with Crippen LogP contribution in [0.1, 0.15) is 35.2 Å². The van der Waals surface area contributed by atoms with Crippen molar-refractivity contribution in [2.75, 3.05) is 19.0 Å². The van der Waals surface area contributed by atoms with E-state index in [1.54, 1.807) is 19.2 Å². The van der Waals surface area contributed by atoms with E-state index >= 15 is 0 Å². The first kappa shape index (κ1) is 22.2. The van der Waals surface area contributed by atoms with E-state index in [4.69, 9.17) is 17.0 Å². The van der Waals surface area contributed by atoms with Gasteiger partial charge in [0.2, 0.25) is 0 Å². The Hall–Kier alpha value is -3.65. The SMILES string of the molecule is COc1ccc2c(c1)[C@@H]1[C@@H](CCN1C(=S)NCc1ccccc1)[C@@H](c1ccccc1[N+](=O)[O-])N2. The Balaban J connectivity index is 1.50. The van der Waals surface area contributed by atoms with Crippen LogP contribution in [0.15, 0.2) is 72.8 Å². The molecule has 5 rings (SSSR count). The van der Waals surface area contributed by atoms with Crippen molar-refractivity contribution in [3.05, 3.63) is 99.6 Å². The fraction of sp³-hybridized carbons (Fsp3) is 0.269. The molecule has 0 aromatic heterocycles. The van der Waals surface area contributed by atoms with E-state index in [2.05, 4.69) is 27.7 Å². The molecular weight excluding hydrogens is 448 g/mol. The van der Waals surface area contributed by atoms with Crippen LogP contribution in [0.5, 0.6) is 5.75 Å². The zero-order valence-electron chi connectivity index (χ0n) is 18.8. The summed E-state index contributed by atoms with van der Waals surface area (Å²) in [7, 11) is 1.66. The van der Waals surface area contributed by atoms with E-state index in [1.807, 2.05) is 48.5 Å². The molecule has 0 unspecified atom stereocenters. The second-order valence-corrected chi connectivity index (χ2v) is 9.01. The molecule has 1 fully saturated rings. The number of nitro groups is 1. The maximum atomic E-state index is 11.8. The zero-order chi connectivity index (χ0) is 23.7. The number of nitro benzene ring substituents is 1. The van der Waals surface area contributed by atoms with E-state index in [0.29, 0.717) is 17.2 Å². The van der Waals surface area contributed by atoms with Gasteiger partial charge in [0.25, 0.3) is 5.69 Å². The predicted octanol–water partition coefficient (Wildman–Crippen LogP) is 5.21. The normalized spacial score (nSPS) is 20.6. The van der Waals surface area contributed by atoms with Crippen LogP contribution in [0.3, 0.4) is 0 Å². The van der Waals surface area contributed by atoms with Crippen molar-refractivity contribution in [2.45, 2.75) is 25.0 Å². The molecule has 1 saturated heterocycles. The minimum Gasteiger partial charge on any atom is -0.497 e. The second-order valence-electron chi connectivity index (χ2n) is 8.63. The van der Waals surface area contributed by atoms with E-state index in [0.717, 1.165) is 35.5 Å². The van der Waals surface area contributed by atoms with E-state index in [9.17, 15) is 10.1 Å². The van der Waals surface area contributed by atoms with Crippen LogP contribution < -0.4 is 15.4 Å². The lowest BCUT2D eigenvalue weighted by atomic mass is 9.79. The monoisotopic (exact) mass is 474 g/mol. The minimum absolute atomic E-state index is 0.0214. The highest BCUT2D eigenvalue weighted by atomic mass is 32.1. The van der Waals surface area contributed by atoms with E-state index < -0.39 is 0 Å². The predicted molar refractivity (Wildman–Crippen MR) is 136 cm³/mol. The van der Waals surface area contributed by atoms with Gasteiger partial charge in [-0.3, -0.25) is 10.1 Å². The third kappa shape index (κ3) is 4.05. The molecule has 2 aliphatic heterocycles. The number of rotatable bonds is 5. The number of hydrogen-bond donors (Lipinski definition) is 2. The zero-order valence-corrected chi connectivity index (χ0v) is 19.6. The summed E-state index contributed by atoms with van der Waals surface area (Å²) in [4.78, 5) is 13.7. The molecule has 3 aromatic rings. The van der Waals surface area contributed by atoms with Crippen molar-refractivity contribution >= 4 is 28.7 Å². The number of ether oxygens (including phenoxy) is 1. The number of hydrogen-bond acceptors (Lipinski definition) is 5. The fourth-order valence-corrected chi connectivity index (χ4v) is 5.49. The largest absolute Gasteiger partial charge is 0.497 e. The molecule has 2 heterocycles. The number of thiocarbonyl (C=S) groups is 1. The number of nitrogens with one attached hydrogen (secondary N) is 2. The first-order chi connectivity index (χ1) is 16.6. The molecule has 174 valence electrons. The van der Waals surface area contributed by atoms with Crippen LogP contribution in [0, 0.1) is 16.0 Å². The molecule has 0 spiro atoms. The third-order valence-corrected chi connectivity index (χ3v) is 7.16. The highest BCUT2D eigenvalue weighted by Gasteiger charge is 2.47. The average Bonchev–Trinajstić information content (AvgIpc) is 3.33. The van der Waals surface area contributed by atoms with Crippen molar-refractivity contribution in [3.63, 3.8) is 0 Å². The molecule has 0 bridgehead atoms. The maximum Gasteiger partial charge on any atom is 0.274 e. The third-order valence-electron chi connectivity index (χ3n) is 6.78. The van der Waals surface area contributed by atoms with Gasteiger partial charge in [0.15, 0.2) is 5.11 Å². The minimum atomic E-state index is -0.297. The van der Waals surface area contributed by atoms with Crippen LogP contribution in [-0.4, -0.2) is 28.6 Å². The fourth-order valence-electron chi connectivity index (χ4n) is 5.21. The van der Waals surface area contributed by atoms with Gasteiger partial charge in [-0.25, -0.2) is 0 Å². The molecule has 3 atom stereocenters. The number of likely N-dealkylation sites (tertiary alicyclic amines) is 1. The van der Waals surface area contributed by atoms with E-state index in [1.165, 1.54) is 0 Å².